The summed E-state index contributed by atoms with van der Waals surface area (Å²) in [6, 6.07) is 5.42. The summed E-state index contributed by atoms with van der Waals surface area (Å²) in [5, 5.41) is 3.69. The lowest BCUT2D eigenvalue weighted by Gasteiger charge is -2.31. The fraction of sp³-hybridized carbons (Fsp3) is 0.684. The van der Waals surface area contributed by atoms with Gasteiger partial charge in [-0.1, -0.05) is 25.5 Å². The molecule has 1 heterocycles. The topological polar surface area (TPSA) is 15.3 Å². The van der Waals surface area contributed by atoms with Crippen LogP contribution in [-0.2, 0) is 6.54 Å². The minimum Gasteiger partial charge on any atom is -0.313 e. The SMILES string of the molecule is CCCN(Cc1cc(C)c(C)cc1C)CC1CCCCN1. The molecule has 1 aromatic rings. The Labute approximate surface area is 130 Å². The molecule has 0 radical (unpaired) electrons. The van der Waals surface area contributed by atoms with Crippen molar-refractivity contribution in [2.24, 2.45) is 0 Å². The van der Waals surface area contributed by atoms with E-state index in [-0.39, 0.29) is 0 Å². The lowest BCUT2D eigenvalue weighted by Crippen LogP contribution is -2.43. The summed E-state index contributed by atoms with van der Waals surface area (Å²) >= 11 is 0. The monoisotopic (exact) mass is 288 g/mol. The number of benzene rings is 1. The van der Waals surface area contributed by atoms with Crippen molar-refractivity contribution in [3.8, 4) is 0 Å². The smallest absolute Gasteiger partial charge is 0.0237 e. The van der Waals surface area contributed by atoms with Crippen molar-refractivity contribution in [1.29, 1.82) is 0 Å². The maximum atomic E-state index is 3.69. The van der Waals surface area contributed by atoms with Crippen LogP contribution in [0.5, 0.6) is 0 Å². The Hall–Kier alpha value is -0.860. The Morgan fingerprint density at radius 2 is 1.86 bits per heavy atom. The minimum atomic E-state index is 0.692. The predicted molar refractivity (Wildman–Crippen MR) is 91.9 cm³/mol. The van der Waals surface area contributed by atoms with Crippen molar-refractivity contribution in [3.05, 3.63) is 34.4 Å². The molecule has 1 N–H and O–H groups in total. The zero-order valence-electron chi connectivity index (χ0n) is 14.3. The average Bonchev–Trinajstić information content (AvgIpc) is 2.46. The Bertz CT molecular complexity index is 447. The fourth-order valence-electron chi connectivity index (χ4n) is 3.37. The Kier molecular flexibility index (Phi) is 6.25. The molecule has 2 nitrogen and oxygen atoms in total. The summed E-state index contributed by atoms with van der Waals surface area (Å²) in [5.41, 5.74) is 5.77. The van der Waals surface area contributed by atoms with Gasteiger partial charge in [-0.25, -0.2) is 0 Å². The molecule has 0 aliphatic carbocycles. The maximum Gasteiger partial charge on any atom is 0.0237 e. The molecule has 0 spiro atoms. The van der Waals surface area contributed by atoms with E-state index in [2.05, 4.69) is 50.0 Å². The summed E-state index contributed by atoms with van der Waals surface area (Å²) < 4.78 is 0. The van der Waals surface area contributed by atoms with Crippen molar-refractivity contribution in [2.45, 2.75) is 66.0 Å². The van der Waals surface area contributed by atoms with Gasteiger partial charge in [0.05, 0.1) is 0 Å². The Morgan fingerprint density at radius 1 is 1.10 bits per heavy atom. The number of hydrogen-bond acceptors (Lipinski definition) is 2. The van der Waals surface area contributed by atoms with Crippen LogP contribution in [0.15, 0.2) is 12.1 Å². The summed E-state index contributed by atoms with van der Waals surface area (Å²) in [6.07, 6.45) is 5.31. The number of piperidine rings is 1. The van der Waals surface area contributed by atoms with E-state index in [4.69, 9.17) is 0 Å². The highest BCUT2D eigenvalue weighted by Crippen LogP contribution is 2.18. The Balaban J connectivity index is 2.03. The van der Waals surface area contributed by atoms with E-state index in [0.717, 1.165) is 6.54 Å². The normalized spacial score (nSPS) is 19.2. The van der Waals surface area contributed by atoms with E-state index in [0.29, 0.717) is 6.04 Å². The van der Waals surface area contributed by atoms with Gasteiger partial charge in [0.15, 0.2) is 0 Å². The molecular formula is C19H32N2. The highest BCUT2D eigenvalue weighted by atomic mass is 15.1. The van der Waals surface area contributed by atoms with Crippen molar-refractivity contribution in [2.75, 3.05) is 19.6 Å². The number of nitrogens with zero attached hydrogens (tertiary/aromatic N) is 1. The molecule has 1 aromatic carbocycles. The predicted octanol–water partition coefficient (Wildman–Crippen LogP) is 3.97. The van der Waals surface area contributed by atoms with Gasteiger partial charge in [0, 0.05) is 19.1 Å². The van der Waals surface area contributed by atoms with Gasteiger partial charge in [0.25, 0.3) is 0 Å². The van der Waals surface area contributed by atoms with E-state index in [9.17, 15) is 0 Å². The highest BCUT2D eigenvalue weighted by molar-refractivity contribution is 5.36. The molecule has 1 aliphatic rings. The fourth-order valence-corrected chi connectivity index (χ4v) is 3.37. The molecule has 21 heavy (non-hydrogen) atoms. The van der Waals surface area contributed by atoms with Gasteiger partial charge in [-0.15, -0.1) is 0 Å². The molecule has 0 saturated carbocycles. The van der Waals surface area contributed by atoms with Crippen molar-refractivity contribution in [3.63, 3.8) is 0 Å². The zero-order valence-corrected chi connectivity index (χ0v) is 14.3. The number of aryl methyl sites for hydroxylation is 3. The Morgan fingerprint density at radius 3 is 2.52 bits per heavy atom. The van der Waals surface area contributed by atoms with Gasteiger partial charge in [-0.2, -0.15) is 0 Å². The van der Waals surface area contributed by atoms with Crippen LogP contribution in [-0.4, -0.2) is 30.6 Å². The van der Waals surface area contributed by atoms with Crippen LogP contribution in [0, 0.1) is 20.8 Å². The van der Waals surface area contributed by atoms with E-state index in [1.807, 2.05) is 0 Å². The van der Waals surface area contributed by atoms with Gasteiger partial charge < -0.3 is 5.32 Å². The summed E-state index contributed by atoms with van der Waals surface area (Å²) in [4.78, 5) is 2.64. The zero-order chi connectivity index (χ0) is 15.2. The summed E-state index contributed by atoms with van der Waals surface area (Å²) in [6.45, 7) is 13.7. The van der Waals surface area contributed by atoms with Gasteiger partial charge in [0.1, 0.15) is 0 Å². The highest BCUT2D eigenvalue weighted by Gasteiger charge is 2.17. The summed E-state index contributed by atoms with van der Waals surface area (Å²) in [5.74, 6) is 0. The molecular weight excluding hydrogens is 256 g/mol. The molecule has 2 rings (SSSR count). The maximum absolute atomic E-state index is 3.69. The molecule has 2 heteroatoms. The molecule has 0 bridgehead atoms. The molecule has 1 atom stereocenters. The second-order valence-electron chi connectivity index (χ2n) is 6.74. The number of hydrogen-bond donors (Lipinski definition) is 1. The standard InChI is InChI=1S/C19H32N2/c1-5-10-21(14-19-8-6-7-9-20-19)13-18-12-16(3)15(2)11-17(18)4/h11-12,19-20H,5-10,13-14H2,1-4H3. The molecule has 0 aromatic heterocycles. The third-order valence-electron chi connectivity index (χ3n) is 4.78. The first-order valence-electron chi connectivity index (χ1n) is 8.62. The van der Waals surface area contributed by atoms with Gasteiger partial charge in [-0.3, -0.25) is 4.90 Å². The van der Waals surface area contributed by atoms with E-state index in [1.54, 1.807) is 0 Å². The molecule has 1 aliphatic heterocycles. The molecule has 1 unspecified atom stereocenters. The quantitative estimate of drug-likeness (QED) is 0.852. The van der Waals surface area contributed by atoms with Crippen LogP contribution < -0.4 is 5.32 Å². The van der Waals surface area contributed by atoms with Crippen molar-refractivity contribution < 1.29 is 0 Å². The molecule has 1 saturated heterocycles. The van der Waals surface area contributed by atoms with Crippen molar-refractivity contribution >= 4 is 0 Å². The van der Waals surface area contributed by atoms with Crippen LogP contribution in [0.1, 0.15) is 54.9 Å². The second-order valence-corrected chi connectivity index (χ2v) is 6.74. The van der Waals surface area contributed by atoms with Crippen LogP contribution in [0.25, 0.3) is 0 Å². The number of rotatable bonds is 6. The third-order valence-corrected chi connectivity index (χ3v) is 4.78. The van der Waals surface area contributed by atoms with E-state index in [1.165, 1.54) is 67.6 Å². The van der Waals surface area contributed by atoms with Crippen molar-refractivity contribution in [1.82, 2.24) is 10.2 Å². The molecule has 118 valence electrons. The first-order valence-corrected chi connectivity index (χ1v) is 8.62. The van der Waals surface area contributed by atoms with Crippen LogP contribution in [0.2, 0.25) is 0 Å². The second kappa shape index (κ2) is 7.95. The van der Waals surface area contributed by atoms with Gasteiger partial charge >= 0.3 is 0 Å². The van der Waals surface area contributed by atoms with E-state index < -0.39 is 0 Å². The first kappa shape index (κ1) is 16.5. The lowest BCUT2D eigenvalue weighted by atomic mass is 9.99. The first-order chi connectivity index (χ1) is 10.1. The average molecular weight is 288 g/mol. The van der Waals surface area contributed by atoms with E-state index >= 15 is 0 Å². The van der Waals surface area contributed by atoms with Crippen LogP contribution in [0.4, 0.5) is 0 Å². The minimum absolute atomic E-state index is 0.692. The molecule has 1 fully saturated rings. The van der Waals surface area contributed by atoms with Gasteiger partial charge in [-0.05, 0) is 75.4 Å². The molecule has 0 amide bonds. The van der Waals surface area contributed by atoms with Crippen LogP contribution in [0.3, 0.4) is 0 Å². The lowest BCUT2D eigenvalue weighted by molar-refractivity contribution is 0.217. The third kappa shape index (κ3) is 4.82. The largest absolute Gasteiger partial charge is 0.313 e. The van der Waals surface area contributed by atoms with Gasteiger partial charge in [0.2, 0.25) is 0 Å². The van der Waals surface area contributed by atoms with Crippen LogP contribution >= 0.6 is 0 Å². The summed E-state index contributed by atoms with van der Waals surface area (Å²) in [7, 11) is 0. The number of nitrogens with one attached hydrogen (secondary N) is 1.